The second-order valence-electron chi connectivity index (χ2n) is 7.08. The van der Waals surface area contributed by atoms with Crippen LogP contribution in [0.1, 0.15) is 23.9 Å². The van der Waals surface area contributed by atoms with Crippen molar-refractivity contribution in [2.45, 2.75) is 32.0 Å². The maximum Gasteiger partial charge on any atom is 0.225 e. The lowest BCUT2D eigenvalue weighted by atomic mass is 9.98. The van der Waals surface area contributed by atoms with Gasteiger partial charge in [-0.2, -0.15) is 0 Å². The van der Waals surface area contributed by atoms with Crippen molar-refractivity contribution in [1.82, 2.24) is 14.5 Å². The van der Waals surface area contributed by atoms with Gasteiger partial charge >= 0.3 is 0 Å². The van der Waals surface area contributed by atoms with E-state index in [0.29, 0.717) is 26.1 Å². The number of nitrogens with zero attached hydrogens (tertiary/aromatic N) is 3. The van der Waals surface area contributed by atoms with Crippen molar-refractivity contribution in [1.29, 1.82) is 0 Å². The number of morpholine rings is 1. The molecule has 0 spiro atoms. The first-order valence-corrected chi connectivity index (χ1v) is 9.68. The minimum atomic E-state index is -0.407. The van der Waals surface area contributed by atoms with E-state index in [4.69, 9.17) is 4.74 Å². The first-order valence-electron chi connectivity index (χ1n) is 9.68. The number of benzene rings is 2. The highest BCUT2D eigenvalue weighted by Gasteiger charge is 2.35. The van der Waals surface area contributed by atoms with Crippen LogP contribution in [0.5, 0.6) is 0 Å². The molecule has 1 aliphatic rings. The first kappa shape index (κ1) is 18.7. The van der Waals surface area contributed by atoms with Crippen LogP contribution in [0.25, 0.3) is 11.0 Å². The lowest BCUT2D eigenvalue weighted by Gasteiger charge is -2.41. The Morgan fingerprint density at radius 1 is 1.18 bits per heavy atom. The van der Waals surface area contributed by atoms with Gasteiger partial charge in [-0.3, -0.25) is 4.79 Å². The molecule has 1 amide bonds. The van der Waals surface area contributed by atoms with Gasteiger partial charge in [0.05, 0.1) is 30.3 Å². The predicted molar refractivity (Wildman–Crippen MR) is 107 cm³/mol. The SMILES string of the molecule is Cc1nc2ccccc2n1CCC(=O)N1CCO[C@H](CO)[C@H]1c1ccccc1. The van der Waals surface area contributed by atoms with Crippen LogP contribution in [0.4, 0.5) is 0 Å². The number of ether oxygens (including phenoxy) is 1. The third kappa shape index (κ3) is 3.53. The lowest BCUT2D eigenvalue weighted by Crippen LogP contribution is -2.49. The van der Waals surface area contributed by atoms with E-state index in [1.165, 1.54) is 0 Å². The maximum absolute atomic E-state index is 13.1. The predicted octanol–water partition coefficient (Wildman–Crippen LogP) is 2.70. The number of aromatic nitrogens is 2. The van der Waals surface area contributed by atoms with Crippen molar-refractivity contribution in [2.75, 3.05) is 19.8 Å². The maximum atomic E-state index is 13.1. The fraction of sp³-hybridized carbons (Fsp3) is 0.364. The highest BCUT2D eigenvalue weighted by Crippen LogP contribution is 2.30. The molecule has 2 aromatic carbocycles. The third-order valence-electron chi connectivity index (χ3n) is 5.39. The van der Waals surface area contributed by atoms with Crippen LogP contribution in [-0.4, -0.2) is 51.3 Å². The number of aliphatic hydroxyl groups excluding tert-OH is 1. The Kier molecular flexibility index (Phi) is 5.41. The molecule has 1 aromatic heterocycles. The number of rotatable bonds is 5. The summed E-state index contributed by atoms with van der Waals surface area (Å²) in [5.41, 5.74) is 2.97. The van der Waals surface area contributed by atoms with E-state index < -0.39 is 6.10 Å². The molecule has 1 aliphatic heterocycles. The number of carbonyl (C=O) groups excluding carboxylic acids is 1. The van der Waals surface area contributed by atoms with E-state index in [1.54, 1.807) is 0 Å². The Labute approximate surface area is 164 Å². The number of imidazole rings is 1. The summed E-state index contributed by atoms with van der Waals surface area (Å²) in [6.45, 7) is 3.39. The second kappa shape index (κ2) is 8.12. The number of carbonyl (C=O) groups is 1. The van der Waals surface area contributed by atoms with E-state index in [-0.39, 0.29) is 18.6 Å². The Balaban J connectivity index is 1.54. The van der Waals surface area contributed by atoms with Gasteiger partial charge in [-0.15, -0.1) is 0 Å². The van der Waals surface area contributed by atoms with Crippen LogP contribution in [-0.2, 0) is 16.1 Å². The first-order chi connectivity index (χ1) is 13.7. The van der Waals surface area contributed by atoms with E-state index in [0.717, 1.165) is 22.4 Å². The number of amides is 1. The number of aryl methyl sites for hydroxylation is 2. The van der Waals surface area contributed by atoms with Crippen LogP contribution >= 0.6 is 0 Å². The van der Waals surface area contributed by atoms with Crippen molar-refractivity contribution in [3.8, 4) is 0 Å². The average Bonchev–Trinajstić information content (AvgIpc) is 3.07. The molecule has 0 unspecified atom stereocenters. The van der Waals surface area contributed by atoms with Crippen LogP contribution in [0.3, 0.4) is 0 Å². The zero-order valence-corrected chi connectivity index (χ0v) is 16.0. The summed E-state index contributed by atoms with van der Waals surface area (Å²) >= 11 is 0. The number of fused-ring (bicyclic) bond motifs is 1. The molecule has 1 saturated heterocycles. The van der Waals surface area contributed by atoms with Gasteiger partial charge in [0.25, 0.3) is 0 Å². The monoisotopic (exact) mass is 379 g/mol. The highest BCUT2D eigenvalue weighted by molar-refractivity contribution is 5.78. The van der Waals surface area contributed by atoms with Gasteiger partial charge in [-0.25, -0.2) is 4.98 Å². The molecule has 3 aromatic rings. The van der Waals surface area contributed by atoms with E-state index in [1.807, 2.05) is 66.4 Å². The van der Waals surface area contributed by atoms with Gasteiger partial charge in [0.1, 0.15) is 11.9 Å². The summed E-state index contributed by atoms with van der Waals surface area (Å²) in [7, 11) is 0. The van der Waals surface area contributed by atoms with Gasteiger partial charge in [-0.05, 0) is 24.6 Å². The Morgan fingerprint density at radius 3 is 2.71 bits per heavy atom. The highest BCUT2D eigenvalue weighted by atomic mass is 16.5. The minimum absolute atomic E-state index is 0.0628. The van der Waals surface area contributed by atoms with Gasteiger partial charge in [0.2, 0.25) is 5.91 Å². The summed E-state index contributed by atoms with van der Waals surface area (Å²) in [5, 5.41) is 9.78. The molecular formula is C22H25N3O3. The molecule has 0 radical (unpaired) electrons. The Morgan fingerprint density at radius 2 is 1.93 bits per heavy atom. The molecule has 4 rings (SSSR count). The number of hydrogen-bond donors (Lipinski definition) is 1. The third-order valence-corrected chi connectivity index (χ3v) is 5.39. The van der Waals surface area contributed by atoms with Crippen molar-refractivity contribution >= 4 is 16.9 Å². The van der Waals surface area contributed by atoms with Crippen LogP contribution in [0.15, 0.2) is 54.6 Å². The molecule has 2 heterocycles. The quantitative estimate of drug-likeness (QED) is 0.740. The molecule has 0 saturated carbocycles. The smallest absolute Gasteiger partial charge is 0.225 e. The summed E-state index contributed by atoms with van der Waals surface area (Å²) in [6, 6.07) is 17.5. The fourth-order valence-electron chi connectivity index (χ4n) is 4.04. The van der Waals surface area contributed by atoms with Crippen LogP contribution < -0.4 is 0 Å². The number of aliphatic hydroxyl groups is 1. The van der Waals surface area contributed by atoms with Crippen LogP contribution in [0.2, 0.25) is 0 Å². The van der Waals surface area contributed by atoms with Crippen molar-refractivity contribution in [3.05, 3.63) is 66.0 Å². The summed E-state index contributed by atoms with van der Waals surface area (Å²) in [4.78, 5) is 19.6. The molecule has 1 N–H and O–H groups in total. The summed E-state index contributed by atoms with van der Waals surface area (Å²) in [5.74, 6) is 0.969. The molecule has 0 bridgehead atoms. The Bertz CT molecular complexity index is 954. The molecule has 6 nitrogen and oxygen atoms in total. The molecule has 6 heteroatoms. The van der Waals surface area contributed by atoms with Gasteiger partial charge in [-0.1, -0.05) is 42.5 Å². The number of hydrogen-bond acceptors (Lipinski definition) is 4. The molecule has 1 fully saturated rings. The van der Waals surface area contributed by atoms with E-state index >= 15 is 0 Å². The largest absolute Gasteiger partial charge is 0.394 e. The Hall–Kier alpha value is -2.70. The van der Waals surface area contributed by atoms with Gasteiger partial charge in [0, 0.05) is 19.5 Å². The van der Waals surface area contributed by atoms with Crippen molar-refractivity contribution < 1.29 is 14.6 Å². The molecule has 146 valence electrons. The zero-order valence-electron chi connectivity index (χ0n) is 16.0. The molecule has 2 atom stereocenters. The lowest BCUT2D eigenvalue weighted by molar-refractivity contribution is -0.150. The molecular weight excluding hydrogens is 354 g/mol. The van der Waals surface area contributed by atoms with Crippen molar-refractivity contribution in [2.24, 2.45) is 0 Å². The summed E-state index contributed by atoms with van der Waals surface area (Å²) in [6.07, 6.45) is -0.0289. The molecule has 0 aliphatic carbocycles. The van der Waals surface area contributed by atoms with Gasteiger partial charge in [0.15, 0.2) is 0 Å². The average molecular weight is 379 g/mol. The minimum Gasteiger partial charge on any atom is -0.394 e. The van der Waals surface area contributed by atoms with Crippen molar-refractivity contribution in [3.63, 3.8) is 0 Å². The number of para-hydroxylation sites is 2. The topological polar surface area (TPSA) is 67.6 Å². The standard InChI is InChI=1S/C22H25N3O3/c1-16-23-18-9-5-6-10-19(18)24(16)12-11-21(27)25-13-14-28-20(15-26)22(25)17-7-3-2-4-8-17/h2-10,20,22,26H,11-15H2,1H3/t20-,22-/m1/s1. The van der Waals surface area contributed by atoms with Gasteiger partial charge < -0.3 is 19.3 Å². The van der Waals surface area contributed by atoms with E-state index in [2.05, 4.69) is 9.55 Å². The summed E-state index contributed by atoms with van der Waals surface area (Å²) < 4.78 is 7.83. The fourth-order valence-corrected chi connectivity index (χ4v) is 4.04. The van der Waals surface area contributed by atoms with E-state index in [9.17, 15) is 9.90 Å². The molecule has 28 heavy (non-hydrogen) atoms. The second-order valence-corrected chi connectivity index (χ2v) is 7.08. The normalized spacial score (nSPS) is 19.9. The zero-order chi connectivity index (χ0) is 19.5. The van der Waals surface area contributed by atoms with Crippen LogP contribution in [0, 0.1) is 6.92 Å².